The molecule has 0 aliphatic carbocycles. The second-order valence-electron chi connectivity index (χ2n) is 6.48. The summed E-state index contributed by atoms with van der Waals surface area (Å²) in [4.78, 5) is 32.9. The molecule has 1 aliphatic rings. The van der Waals surface area contributed by atoms with E-state index in [-0.39, 0.29) is 17.8 Å². The zero-order valence-electron chi connectivity index (χ0n) is 14.7. The molecular formula is C19H19N5O3. The maximum Gasteiger partial charge on any atom is 0.280 e. The molecule has 0 bridgehead atoms. The smallest absolute Gasteiger partial charge is 0.280 e. The number of amides is 1. The van der Waals surface area contributed by atoms with Crippen LogP contribution in [0.15, 0.2) is 53.6 Å². The summed E-state index contributed by atoms with van der Waals surface area (Å²) in [6.45, 7) is 1.99. The molecule has 138 valence electrons. The van der Waals surface area contributed by atoms with Crippen LogP contribution in [0.5, 0.6) is 0 Å². The topological polar surface area (TPSA) is 112 Å². The van der Waals surface area contributed by atoms with Crippen molar-refractivity contribution in [3.63, 3.8) is 0 Å². The third kappa shape index (κ3) is 3.20. The van der Waals surface area contributed by atoms with Gasteiger partial charge in [0.1, 0.15) is 12.3 Å². The molecule has 27 heavy (non-hydrogen) atoms. The molecule has 3 N–H and O–H groups in total. The normalized spacial score (nSPS) is 20.6. The number of rotatable bonds is 4. The molecule has 3 unspecified atom stereocenters. The lowest BCUT2D eigenvalue weighted by Crippen LogP contribution is -2.32. The number of fused-ring (bicyclic) bond motifs is 1. The molecule has 1 fully saturated rings. The number of nitrogens with one attached hydrogen (secondary N) is 1. The van der Waals surface area contributed by atoms with Crippen LogP contribution in [0, 0.1) is 0 Å². The molecule has 1 saturated heterocycles. The number of hydrogen-bond acceptors (Lipinski definition) is 6. The zero-order valence-corrected chi connectivity index (χ0v) is 14.7. The zero-order chi connectivity index (χ0) is 19.0. The molecule has 1 aliphatic heterocycles. The number of ether oxygens (including phenoxy) is 1. The number of hydrogen-bond donors (Lipinski definition) is 2. The Labute approximate surface area is 155 Å². The van der Waals surface area contributed by atoms with Crippen molar-refractivity contribution in [3.8, 4) is 0 Å². The molecule has 2 aromatic heterocycles. The average molecular weight is 365 g/mol. The lowest BCUT2D eigenvalue weighted by molar-refractivity contribution is -0.120. The van der Waals surface area contributed by atoms with Crippen molar-refractivity contribution in [1.29, 1.82) is 0 Å². The highest BCUT2D eigenvalue weighted by molar-refractivity contribution is 5.79. The predicted molar refractivity (Wildman–Crippen MR) is 98.7 cm³/mol. The Balaban J connectivity index is 1.66. The molecule has 3 aromatic rings. The van der Waals surface area contributed by atoms with Gasteiger partial charge in [-0.3, -0.25) is 19.5 Å². The predicted octanol–water partition coefficient (Wildman–Crippen LogP) is 1.20. The van der Waals surface area contributed by atoms with Crippen LogP contribution in [0.3, 0.4) is 0 Å². The van der Waals surface area contributed by atoms with Crippen molar-refractivity contribution in [2.75, 3.05) is 6.61 Å². The van der Waals surface area contributed by atoms with Crippen molar-refractivity contribution in [3.05, 3.63) is 70.4 Å². The molecule has 0 saturated carbocycles. The number of nitrogens with zero attached hydrogens (tertiary/aromatic N) is 3. The van der Waals surface area contributed by atoms with Crippen molar-refractivity contribution >= 4 is 16.9 Å². The lowest BCUT2D eigenvalue weighted by Gasteiger charge is -2.14. The van der Waals surface area contributed by atoms with Crippen LogP contribution in [0.25, 0.3) is 11.0 Å². The van der Waals surface area contributed by atoms with Crippen molar-refractivity contribution in [2.24, 2.45) is 5.73 Å². The van der Waals surface area contributed by atoms with Crippen LogP contribution >= 0.6 is 0 Å². The SMILES string of the molecule is CC(C(N)=O)n1cnc2ccc(C3COC(c4ccccc4)N3)nc2c1=O. The monoisotopic (exact) mass is 365 g/mol. The van der Waals surface area contributed by atoms with Crippen LogP contribution in [0.2, 0.25) is 0 Å². The Morgan fingerprint density at radius 3 is 2.81 bits per heavy atom. The number of nitrogens with two attached hydrogens (primary N) is 1. The van der Waals surface area contributed by atoms with Gasteiger partial charge < -0.3 is 10.5 Å². The van der Waals surface area contributed by atoms with Crippen LogP contribution in [-0.2, 0) is 9.53 Å². The van der Waals surface area contributed by atoms with Crippen molar-refractivity contribution in [1.82, 2.24) is 19.9 Å². The van der Waals surface area contributed by atoms with Gasteiger partial charge in [0.25, 0.3) is 5.56 Å². The van der Waals surface area contributed by atoms with E-state index < -0.39 is 17.5 Å². The van der Waals surface area contributed by atoms with Gasteiger partial charge in [-0.1, -0.05) is 30.3 Å². The molecule has 3 heterocycles. The molecule has 8 heteroatoms. The van der Waals surface area contributed by atoms with Gasteiger partial charge in [0.05, 0.1) is 30.2 Å². The van der Waals surface area contributed by atoms with Gasteiger partial charge in [0, 0.05) is 0 Å². The molecule has 0 radical (unpaired) electrons. The first-order valence-electron chi connectivity index (χ1n) is 8.64. The Bertz CT molecular complexity index is 1050. The van der Waals surface area contributed by atoms with E-state index in [0.717, 1.165) is 5.56 Å². The first-order chi connectivity index (χ1) is 13.0. The Kier molecular flexibility index (Phi) is 4.43. The summed E-state index contributed by atoms with van der Waals surface area (Å²) >= 11 is 0. The first kappa shape index (κ1) is 17.3. The maximum atomic E-state index is 12.7. The highest BCUT2D eigenvalue weighted by Gasteiger charge is 2.28. The summed E-state index contributed by atoms with van der Waals surface area (Å²) < 4.78 is 7.03. The van der Waals surface area contributed by atoms with E-state index in [1.807, 2.05) is 36.4 Å². The minimum absolute atomic E-state index is 0.152. The third-order valence-electron chi connectivity index (χ3n) is 4.72. The molecule has 4 rings (SSSR count). The van der Waals surface area contributed by atoms with Crippen LogP contribution < -0.4 is 16.6 Å². The van der Waals surface area contributed by atoms with Crippen molar-refractivity contribution < 1.29 is 9.53 Å². The summed E-state index contributed by atoms with van der Waals surface area (Å²) in [5.74, 6) is -0.606. The summed E-state index contributed by atoms with van der Waals surface area (Å²) in [5.41, 5.74) is 7.29. The molecule has 8 nitrogen and oxygen atoms in total. The number of carbonyl (C=O) groups is 1. The van der Waals surface area contributed by atoms with Gasteiger partial charge in [-0.15, -0.1) is 0 Å². The van der Waals surface area contributed by atoms with Gasteiger partial charge in [0.15, 0.2) is 5.52 Å². The van der Waals surface area contributed by atoms with Gasteiger partial charge in [0.2, 0.25) is 5.91 Å². The Morgan fingerprint density at radius 2 is 2.07 bits per heavy atom. The third-order valence-corrected chi connectivity index (χ3v) is 4.72. The van der Waals surface area contributed by atoms with E-state index in [4.69, 9.17) is 10.5 Å². The molecule has 1 aromatic carbocycles. The van der Waals surface area contributed by atoms with E-state index in [2.05, 4.69) is 15.3 Å². The van der Waals surface area contributed by atoms with Gasteiger partial charge >= 0.3 is 0 Å². The number of primary amides is 1. The van der Waals surface area contributed by atoms with Gasteiger partial charge in [-0.25, -0.2) is 9.97 Å². The molecule has 3 atom stereocenters. The average Bonchev–Trinajstić information content (AvgIpc) is 3.18. The quantitative estimate of drug-likeness (QED) is 0.718. The van der Waals surface area contributed by atoms with E-state index >= 15 is 0 Å². The van der Waals surface area contributed by atoms with E-state index in [9.17, 15) is 9.59 Å². The number of carbonyl (C=O) groups excluding carboxylic acids is 1. The highest BCUT2D eigenvalue weighted by Crippen LogP contribution is 2.27. The Morgan fingerprint density at radius 1 is 1.30 bits per heavy atom. The van der Waals surface area contributed by atoms with E-state index in [0.29, 0.717) is 17.8 Å². The molecular weight excluding hydrogens is 346 g/mol. The van der Waals surface area contributed by atoms with E-state index in [1.54, 1.807) is 13.0 Å². The van der Waals surface area contributed by atoms with E-state index in [1.165, 1.54) is 10.9 Å². The fourth-order valence-electron chi connectivity index (χ4n) is 3.10. The second kappa shape index (κ2) is 6.90. The first-order valence-corrected chi connectivity index (χ1v) is 8.64. The lowest BCUT2D eigenvalue weighted by atomic mass is 10.1. The van der Waals surface area contributed by atoms with Crippen LogP contribution in [-0.4, -0.2) is 27.0 Å². The van der Waals surface area contributed by atoms with Gasteiger partial charge in [-0.2, -0.15) is 0 Å². The summed E-state index contributed by atoms with van der Waals surface area (Å²) in [7, 11) is 0. The minimum atomic E-state index is -0.796. The Hall–Kier alpha value is -3.10. The largest absolute Gasteiger partial charge is 0.368 e. The highest BCUT2D eigenvalue weighted by atomic mass is 16.5. The molecule has 0 spiro atoms. The minimum Gasteiger partial charge on any atom is -0.368 e. The summed E-state index contributed by atoms with van der Waals surface area (Å²) in [6, 6.07) is 12.5. The second-order valence-corrected chi connectivity index (χ2v) is 6.48. The summed E-state index contributed by atoms with van der Waals surface area (Å²) in [6.07, 6.45) is 1.10. The number of aromatic nitrogens is 3. The van der Waals surface area contributed by atoms with Crippen LogP contribution in [0.4, 0.5) is 0 Å². The molecule has 1 amide bonds. The fourth-order valence-corrected chi connectivity index (χ4v) is 3.10. The number of benzene rings is 1. The number of pyridine rings is 1. The fraction of sp³-hybridized carbons (Fsp3) is 0.263. The summed E-state index contributed by atoms with van der Waals surface area (Å²) in [5, 5.41) is 3.38. The van der Waals surface area contributed by atoms with Gasteiger partial charge in [-0.05, 0) is 24.6 Å². The standard InChI is InChI=1S/C19H19N5O3/c1-11(17(20)25)24-10-21-14-8-7-13(22-16(14)19(24)26)15-9-27-18(23-15)12-5-3-2-4-6-12/h2-8,10-11,15,18,23H,9H2,1H3,(H2,20,25). The van der Waals surface area contributed by atoms with Crippen LogP contribution in [0.1, 0.15) is 36.5 Å². The van der Waals surface area contributed by atoms with Crippen molar-refractivity contribution in [2.45, 2.75) is 25.2 Å². The maximum absolute atomic E-state index is 12.7.